The molecule has 4 aliphatic rings. The Morgan fingerprint density at radius 2 is 1.29 bits per heavy atom. The van der Waals surface area contributed by atoms with Crippen LogP contribution in [0.3, 0.4) is 0 Å². The van der Waals surface area contributed by atoms with Crippen molar-refractivity contribution in [2.24, 2.45) is 0 Å². The highest BCUT2D eigenvalue weighted by Crippen LogP contribution is 2.39. The van der Waals surface area contributed by atoms with Crippen LogP contribution in [0, 0.1) is 0 Å². The van der Waals surface area contributed by atoms with Gasteiger partial charge in [0.25, 0.3) is 5.79 Å². The number of amides is 2. The number of methoxy groups -OCH3 is 1. The van der Waals surface area contributed by atoms with Gasteiger partial charge in [-0.25, -0.2) is 4.79 Å². The molecule has 0 aliphatic carbocycles. The van der Waals surface area contributed by atoms with Crippen molar-refractivity contribution < 1.29 is 128 Å². The molecule has 21 atom stereocenters. The second-order valence-electron chi connectivity index (χ2n) is 16.9. The molecule has 28 heteroatoms. The standard InChI is InChI=1S/C40H68N2O26/c1-17(48)42-24-18(49)11-40(39(58)59,67-33(24)26(52)19(50)12-43)68-35-28(54)21(14-45)63-38(31(35)57)65-32-22(15-46)64-36(61-10-8-6-4-3-5-7-9-23(51)60-2)25(41-16-47)34(32)66-37-30(56)29(55)27(53)20(13-44)62-37/h16,18-22,24-38,43-46,49-50,52-57H,3-15H2,1-2H3,(H,41,47)(H,42,48)(H,58,59)/t18?,19?,20?,21?,22?,24-,25?,26?,27-,28+,29?,30?,31?,32-,33?,34?,35?,36-,37+,38?,40+/m1/s1. The zero-order chi connectivity index (χ0) is 50.5. The van der Waals surface area contributed by atoms with Crippen LogP contribution in [0.4, 0.5) is 0 Å². The number of carbonyl (C=O) groups excluding carboxylic acids is 3. The number of esters is 1. The smallest absolute Gasteiger partial charge is 0.364 e. The number of aliphatic carboxylic acids is 1. The van der Waals surface area contributed by atoms with E-state index in [0.717, 1.165) is 26.2 Å². The van der Waals surface area contributed by atoms with Gasteiger partial charge in [0.05, 0.1) is 45.7 Å². The van der Waals surface area contributed by atoms with Gasteiger partial charge in [-0.05, 0) is 12.8 Å². The topological polar surface area (TPSA) is 438 Å². The molecule has 68 heavy (non-hydrogen) atoms. The van der Waals surface area contributed by atoms with E-state index in [9.17, 15) is 85.6 Å². The first-order chi connectivity index (χ1) is 32.3. The average Bonchev–Trinajstić information content (AvgIpc) is 3.31. The molecular formula is C40H68N2O26. The number of aliphatic hydroxyl groups excluding tert-OH is 12. The van der Waals surface area contributed by atoms with Crippen LogP contribution in [0.1, 0.15) is 58.3 Å². The average molecular weight is 993 g/mol. The molecule has 0 bridgehead atoms. The van der Waals surface area contributed by atoms with Crippen molar-refractivity contribution in [1.29, 1.82) is 0 Å². The minimum Gasteiger partial charge on any atom is -0.477 e. The molecule has 4 rings (SSSR count). The van der Waals surface area contributed by atoms with E-state index < -0.39 is 173 Å². The quantitative estimate of drug-likeness (QED) is 0.0217. The maximum absolute atomic E-state index is 13.0. The number of nitrogens with one attached hydrogen (secondary N) is 2. The Bertz CT molecular complexity index is 1570. The zero-order valence-corrected chi connectivity index (χ0v) is 37.4. The van der Waals surface area contributed by atoms with Crippen LogP contribution in [0.2, 0.25) is 0 Å². The Kier molecular flexibility index (Phi) is 22.9. The molecule has 2 amide bonds. The first kappa shape index (κ1) is 57.7. The molecular weight excluding hydrogens is 924 g/mol. The third-order valence-corrected chi connectivity index (χ3v) is 12.1. The van der Waals surface area contributed by atoms with Gasteiger partial charge < -0.3 is 120 Å². The lowest BCUT2D eigenvalue weighted by atomic mass is 9.88. The number of unbranched alkanes of at least 4 members (excludes halogenated alkanes) is 5. The predicted octanol–water partition coefficient (Wildman–Crippen LogP) is -7.72. The van der Waals surface area contributed by atoms with E-state index in [0.29, 0.717) is 19.3 Å². The summed E-state index contributed by atoms with van der Waals surface area (Å²) in [6.07, 6.45) is -31.3. The van der Waals surface area contributed by atoms with E-state index in [1.165, 1.54) is 7.11 Å². The number of carboxylic acid groups (broad SMARTS) is 1. The molecule has 0 aromatic rings. The highest BCUT2D eigenvalue weighted by atomic mass is 16.8. The lowest BCUT2D eigenvalue weighted by Crippen LogP contribution is -2.71. The first-order valence-electron chi connectivity index (χ1n) is 22.2. The highest BCUT2D eigenvalue weighted by molar-refractivity contribution is 5.76. The van der Waals surface area contributed by atoms with Gasteiger partial charge in [0.1, 0.15) is 91.5 Å². The van der Waals surface area contributed by atoms with Gasteiger partial charge in [0.15, 0.2) is 18.9 Å². The molecule has 0 saturated carbocycles. The van der Waals surface area contributed by atoms with Crippen molar-refractivity contribution in [3.8, 4) is 0 Å². The Hall–Kier alpha value is -2.92. The lowest BCUT2D eigenvalue weighted by Gasteiger charge is -2.51. The Labute approximate surface area is 389 Å². The second-order valence-corrected chi connectivity index (χ2v) is 16.9. The summed E-state index contributed by atoms with van der Waals surface area (Å²) >= 11 is 0. The molecule has 14 unspecified atom stereocenters. The fraction of sp³-hybridized carbons (Fsp3) is 0.900. The van der Waals surface area contributed by atoms with Crippen molar-refractivity contribution in [3.05, 3.63) is 0 Å². The number of rotatable bonds is 26. The lowest BCUT2D eigenvalue weighted by molar-refractivity contribution is -0.391. The van der Waals surface area contributed by atoms with Crippen molar-refractivity contribution >= 4 is 24.3 Å². The molecule has 4 heterocycles. The molecule has 394 valence electrons. The monoisotopic (exact) mass is 992 g/mol. The molecule has 0 spiro atoms. The molecule has 0 aromatic heterocycles. The van der Waals surface area contributed by atoms with Crippen LogP contribution in [0.15, 0.2) is 0 Å². The van der Waals surface area contributed by atoms with Crippen LogP contribution in [0.5, 0.6) is 0 Å². The normalized spacial score (nSPS) is 39.6. The van der Waals surface area contributed by atoms with Crippen LogP contribution >= 0.6 is 0 Å². The van der Waals surface area contributed by atoms with Crippen LogP contribution in [-0.2, 0) is 61.8 Å². The summed E-state index contributed by atoms with van der Waals surface area (Å²) in [5.41, 5.74) is 0. The fourth-order valence-corrected chi connectivity index (χ4v) is 8.42. The summed E-state index contributed by atoms with van der Waals surface area (Å²) in [6, 6.07) is -3.11. The predicted molar refractivity (Wildman–Crippen MR) is 218 cm³/mol. The molecule has 28 nitrogen and oxygen atoms in total. The van der Waals surface area contributed by atoms with Crippen LogP contribution in [-0.4, -0.2) is 259 Å². The number of carbonyl (C=O) groups is 4. The maximum Gasteiger partial charge on any atom is 0.364 e. The highest BCUT2D eigenvalue weighted by Gasteiger charge is 2.61. The largest absolute Gasteiger partial charge is 0.477 e. The third kappa shape index (κ3) is 14.1. The van der Waals surface area contributed by atoms with E-state index in [1.807, 2.05) is 0 Å². The molecule has 4 aliphatic heterocycles. The molecule has 4 saturated heterocycles. The number of ether oxygens (including phenoxy) is 9. The van der Waals surface area contributed by atoms with E-state index in [2.05, 4.69) is 15.4 Å². The van der Waals surface area contributed by atoms with Crippen LogP contribution < -0.4 is 10.6 Å². The first-order valence-corrected chi connectivity index (χ1v) is 22.2. The van der Waals surface area contributed by atoms with Gasteiger partial charge in [-0.3, -0.25) is 14.4 Å². The van der Waals surface area contributed by atoms with E-state index >= 15 is 0 Å². The van der Waals surface area contributed by atoms with Crippen molar-refractivity contribution in [1.82, 2.24) is 10.6 Å². The molecule has 4 fully saturated rings. The minimum atomic E-state index is -3.14. The van der Waals surface area contributed by atoms with Gasteiger partial charge in [0, 0.05) is 26.4 Å². The van der Waals surface area contributed by atoms with Crippen LogP contribution in [0.25, 0.3) is 0 Å². The maximum atomic E-state index is 13.0. The summed E-state index contributed by atoms with van der Waals surface area (Å²) in [4.78, 5) is 48.6. The Morgan fingerprint density at radius 1 is 0.721 bits per heavy atom. The van der Waals surface area contributed by atoms with E-state index in [-0.39, 0.29) is 25.4 Å². The summed E-state index contributed by atoms with van der Waals surface area (Å²) in [5.74, 6) is -6.28. The number of hydrogen-bond donors (Lipinski definition) is 15. The van der Waals surface area contributed by atoms with E-state index in [1.54, 1.807) is 0 Å². The van der Waals surface area contributed by atoms with Gasteiger partial charge in [-0.1, -0.05) is 25.7 Å². The van der Waals surface area contributed by atoms with Crippen molar-refractivity contribution in [2.45, 2.75) is 187 Å². The summed E-state index contributed by atoms with van der Waals surface area (Å²) in [5, 5.41) is 143. The number of aliphatic hydroxyl groups is 12. The number of carboxylic acids is 1. The van der Waals surface area contributed by atoms with Crippen molar-refractivity contribution in [2.75, 3.05) is 40.1 Å². The third-order valence-electron chi connectivity index (χ3n) is 12.1. The summed E-state index contributed by atoms with van der Waals surface area (Å²) in [6.45, 7) is -2.97. The minimum absolute atomic E-state index is 0.00431. The van der Waals surface area contributed by atoms with Gasteiger partial charge in [-0.15, -0.1) is 0 Å². The molecule has 15 N–H and O–H groups in total. The Balaban J connectivity index is 1.65. The van der Waals surface area contributed by atoms with Gasteiger partial charge in [0.2, 0.25) is 12.3 Å². The van der Waals surface area contributed by atoms with Gasteiger partial charge in [-0.2, -0.15) is 0 Å². The van der Waals surface area contributed by atoms with Crippen molar-refractivity contribution in [3.63, 3.8) is 0 Å². The fourth-order valence-electron chi connectivity index (χ4n) is 8.42. The number of hydrogen-bond acceptors (Lipinski definition) is 25. The molecule has 0 aromatic carbocycles. The Morgan fingerprint density at radius 3 is 1.87 bits per heavy atom. The SMILES string of the molecule is COC(=O)CCCCCCCCO[C@@H]1OC(CO)[C@@H](OC2OC(CO)[C@H](O)C(O[C@]3(C(=O)O)CC(O)[C@@H](NC(C)=O)C(C(O)C(O)CO)O3)C2O)C(O[C@@H]2OC(CO)[C@@H](O)C(O)C2O)C1NC=O. The molecule has 0 radical (unpaired) electrons. The zero-order valence-electron chi connectivity index (χ0n) is 37.4. The summed E-state index contributed by atoms with van der Waals surface area (Å²) < 4.78 is 51.6. The van der Waals surface area contributed by atoms with E-state index in [4.69, 9.17) is 37.9 Å². The second kappa shape index (κ2) is 27.1. The van der Waals surface area contributed by atoms with Gasteiger partial charge >= 0.3 is 11.9 Å². The summed E-state index contributed by atoms with van der Waals surface area (Å²) in [7, 11) is 1.31.